The zero-order valence-electron chi connectivity index (χ0n) is 16.1. The Morgan fingerprint density at radius 3 is 2.30 bits per heavy atom. The lowest BCUT2D eigenvalue weighted by Gasteiger charge is -2.14. The molecule has 0 aromatic heterocycles. The van der Waals surface area contributed by atoms with Crippen LogP contribution in [0, 0.1) is 0 Å². The van der Waals surface area contributed by atoms with Crippen molar-refractivity contribution in [3.05, 3.63) is 65.7 Å². The largest absolute Gasteiger partial charge is 0.491 e. The number of benzene rings is 2. The van der Waals surface area contributed by atoms with Crippen LogP contribution < -0.4 is 15.4 Å². The normalized spacial score (nSPS) is 12.1. The van der Waals surface area contributed by atoms with Crippen LogP contribution in [0.1, 0.15) is 28.8 Å². The predicted molar refractivity (Wildman–Crippen MR) is 104 cm³/mol. The van der Waals surface area contributed by atoms with E-state index in [1.54, 1.807) is 24.3 Å². The van der Waals surface area contributed by atoms with Crippen molar-refractivity contribution in [2.75, 3.05) is 19.7 Å². The van der Waals surface area contributed by atoms with Crippen LogP contribution in [0.3, 0.4) is 0 Å². The average Bonchev–Trinajstić information content (AvgIpc) is 2.74. The van der Waals surface area contributed by atoms with Crippen molar-refractivity contribution in [3.63, 3.8) is 0 Å². The summed E-state index contributed by atoms with van der Waals surface area (Å²) in [6.45, 7) is 0.0926. The van der Waals surface area contributed by atoms with Gasteiger partial charge < -0.3 is 20.5 Å². The van der Waals surface area contributed by atoms with Crippen LogP contribution in [-0.4, -0.2) is 42.7 Å². The standard InChI is InChI=1S/C21H23F3N2O4/c22-21(23,24)16-8-10-18(11-9-16)30-14-17(27)13-26-19(28)7-4-12-25-20(29)15-5-2-1-3-6-15/h1-3,5-6,8-11,17,27H,4,7,12-14H2,(H,25,29)(H,26,28). The van der Waals surface area contributed by atoms with Crippen molar-refractivity contribution >= 4 is 11.8 Å². The number of aliphatic hydroxyl groups excluding tert-OH is 1. The lowest BCUT2D eigenvalue weighted by atomic mass is 10.2. The minimum atomic E-state index is -4.42. The number of nitrogens with one attached hydrogen (secondary N) is 2. The fourth-order valence-electron chi connectivity index (χ4n) is 2.45. The molecular formula is C21H23F3N2O4. The minimum absolute atomic E-state index is 0.0597. The Kier molecular flexibility index (Phi) is 8.67. The Bertz CT molecular complexity index is 811. The van der Waals surface area contributed by atoms with E-state index in [2.05, 4.69) is 10.6 Å². The molecule has 0 fully saturated rings. The van der Waals surface area contributed by atoms with Gasteiger partial charge in [0.1, 0.15) is 18.5 Å². The zero-order chi connectivity index (χ0) is 22.0. The summed E-state index contributed by atoms with van der Waals surface area (Å²) < 4.78 is 42.7. The average molecular weight is 424 g/mol. The summed E-state index contributed by atoms with van der Waals surface area (Å²) in [6, 6.07) is 12.8. The monoisotopic (exact) mass is 424 g/mol. The lowest BCUT2D eigenvalue weighted by molar-refractivity contribution is -0.137. The van der Waals surface area contributed by atoms with E-state index in [0.717, 1.165) is 24.3 Å². The Morgan fingerprint density at radius 2 is 1.67 bits per heavy atom. The third-order valence-corrected chi connectivity index (χ3v) is 4.06. The third-order valence-electron chi connectivity index (χ3n) is 4.06. The van der Waals surface area contributed by atoms with Gasteiger partial charge in [0.15, 0.2) is 0 Å². The van der Waals surface area contributed by atoms with Gasteiger partial charge in [-0.15, -0.1) is 0 Å². The van der Waals surface area contributed by atoms with Gasteiger partial charge >= 0.3 is 6.18 Å². The highest BCUT2D eigenvalue weighted by atomic mass is 19.4. The first-order valence-electron chi connectivity index (χ1n) is 9.34. The molecule has 0 radical (unpaired) electrons. The van der Waals surface area contributed by atoms with Crippen molar-refractivity contribution in [1.82, 2.24) is 10.6 Å². The maximum Gasteiger partial charge on any atom is 0.416 e. The summed E-state index contributed by atoms with van der Waals surface area (Å²) in [5.41, 5.74) is -0.249. The number of ether oxygens (including phenoxy) is 1. The first-order valence-corrected chi connectivity index (χ1v) is 9.34. The van der Waals surface area contributed by atoms with Crippen LogP contribution in [0.2, 0.25) is 0 Å². The van der Waals surface area contributed by atoms with Gasteiger partial charge in [-0.3, -0.25) is 9.59 Å². The van der Waals surface area contributed by atoms with Crippen molar-refractivity contribution in [2.45, 2.75) is 25.1 Å². The van der Waals surface area contributed by atoms with E-state index in [1.807, 2.05) is 6.07 Å². The molecule has 1 unspecified atom stereocenters. The number of hydrogen-bond acceptors (Lipinski definition) is 4. The van der Waals surface area contributed by atoms with Crippen molar-refractivity contribution in [1.29, 1.82) is 0 Å². The number of hydrogen-bond donors (Lipinski definition) is 3. The molecule has 0 aliphatic rings. The van der Waals surface area contributed by atoms with Crippen molar-refractivity contribution in [2.24, 2.45) is 0 Å². The molecule has 3 N–H and O–H groups in total. The van der Waals surface area contributed by atoms with Crippen molar-refractivity contribution < 1.29 is 32.6 Å². The smallest absolute Gasteiger partial charge is 0.416 e. The second-order valence-electron chi connectivity index (χ2n) is 6.52. The molecule has 0 bridgehead atoms. The van der Waals surface area contributed by atoms with Crippen LogP contribution >= 0.6 is 0 Å². The van der Waals surface area contributed by atoms with E-state index >= 15 is 0 Å². The molecule has 6 nitrogen and oxygen atoms in total. The van der Waals surface area contributed by atoms with Gasteiger partial charge in [-0.1, -0.05) is 18.2 Å². The van der Waals surface area contributed by atoms with E-state index in [9.17, 15) is 27.9 Å². The molecule has 162 valence electrons. The summed E-state index contributed by atoms with van der Waals surface area (Å²) in [5, 5.41) is 15.1. The molecule has 0 aliphatic heterocycles. The molecule has 0 saturated heterocycles. The van der Waals surface area contributed by atoms with Gasteiger partial charge in [0, 0.05) is 25.1 Å². The van der Waals surface area contributed by atoms with Crippen LogP contribution in [0.4, 0.5) is 13.2 Å². The molecule has 0 spiro atoms. The summed E-state index contributed by atoms with van der Waals surface area (Å²) in [5.74, 6) is -0.327. The summed E-state index contributed by atoms with van der Waals surface area (Å²) in [6.07, 6.45) is -4.84. The number of carbonyl (C=O) groups excluding carboxylic acids is 2. The predicted octanol–water partition coefficient (Wildman–Crippen LogP) is 2.77. The highest BCUT2D eigenvalue weighted by molar-refractivity contribution is 5.94. The Hall–Kier alpha value is -3.07. The van der Waals surface area contributed by atoms with Crippen LogP contribution in [0.15, 0.2) is 54.6 Å². The lowest BCUT2D eigenvalue weighted by Crippen LogP contribution is -2.35. The molecule has 0 aliphatic carbocycles. The number of amides is 2. The quantitative estimate of drug-likeness (QED) is 0.512. The molecular weight excluding hydrogens is 401 g/mol. The second kappa shape index (κ2) is 11.2. The Balaban J connectivity index is 1.58. The third kappa shape index (κ3) is 8.12. The fraction of sp³-hybridized carbons (Fsp3) is 0.333. The molecule has 9 heteroatoms. The SMILES string of the molecule is O=C(CCCNC(=O)c1ccccc1)NCC(O)COc1ccc(C(F)(F)F)cc1. The van der Waals surface area contributed by atoms with E-state index in [4.69, 9.17) is 4.74 Å². The molecule has 1 atom stereocenters. The van der Waals surface area contributed by atoms with E-state index in [0.29, 0.717) is 18.5 Å². The number of halogens is 3. The Labute approximate surface area is 172 Å². The second-order valence-corrected chi connectivity index (χ2v) is 6.52. The van der Waals surface area contributed by atoms with Gasteiger partial charge in [-0.25, -0.2) is 0 Å². The van der Waals surface area contributed by atoms with Crippen LogP contribution in [-0.2, 0) is 11.0 Å². The highest BCUT2D eigenvalue weighted by Gasteiger charge is 2.30. The molecule has 2 aromatic carbocycles. The fourth-order valence-corrected chi connectivity index (χ4v) is 2.45. The number of rotatable bonds is 10. The van der Waals surface area contributed by atoms with E-state index in [-0.39, 0.29) is 37.1 Å². The molecule has 2 amide bonds. The molecule has 2 rings (SSSR count). The first-order chi connectivity index (χ1) is 14.3. The number of alkyl halides is 3. The summed E-state index contributed by atoms with van der Waals surface area (Å²) >= 11 is 0. The summed E-state index contributed by atoms with van der Waals surface area (Å²) in [4.78, 5) is 23.6. The first kappa shape index (κ1) is 23.2. The van der Waals surface area contributed by atoms with E-state index < -0.39 is 17.8 Å². The molecule has 2 aromatic rings. The Morgan fingerprint density at radius 1 is 1.00 bits per heavy atom. The van der Waals surface area contributed by atoms with E-state index in [1.165, 1.54) is 0 Å². The minimum Gasteiger partial charge on any atom is -0.491 e. The molecule has 30 heavy (non-hydrogen) atoms. The van der Waals surface area contributed by atoms with Crippen molar-refractivity contribution in [3.8, 4) is 5.75 Å². The highest BCUT2D eigenvalue weighted by Crippen LogP contribution is 2.30. The zero-order valence-corrected chi connectivity index (χ0v) is 16.1. The molecule has 0 heterocycles. The van der Waals surface area contributed by atoms with Gasteiger partial charge in [-0.2, -0.15) is 13.2 Å². The van der Waals surface area contributed by atoms with Crippen LogP contribution in [0.25, 0.3) is 0 Å². The maximum atomic E-state index is 12.5. The molecule has 0 saturated carbocycles. The van der Waals surface area contributed by atoms with Gasteiger partial charge in [0.05, 0.1) is 5.56 Å². The maximum absolute atomic E-state index is 12.5. The summed E-state index contributed by atoms with van der Waals surface area (Å²) in [7, 11) is 0. The van der Waals surface area contributed by atoms with Gasteiger partial charge in [0.2, 0.25) is 5.91 Å². The van der Waals surface area contributed by atoms with Gasteiger partial charge in [0.25, 0.3) is 5.91 Å². The van der Waals surface area contributed by atoms with Gasteiger partial charge in [-0.05, 0) is 42.8 Å². The topological polar surface area (TPSA) is 87.7 Å². The van der Waals surface area contributed by atoms with Crippen LogP contribution in [0.5, 0.6) is 5.75 Å². The number of aliphatic hydroxyl groups is 1. The number of carbonyl (C=O) groups is 2.